The number of alkyl halides is 3. The molecular formula is C11H17F3N2O2. The van der Waals surface area contributed by atoms with Gasteiger partial charge < -0.3 is 15.0 Å². The second kappa shape index (κ2) is 5.44. The van der Waals surface area contributed by atoms with E-state index in [0.29, 0.717) is 0 Å². The Morgan fingerprint density at radius 1 is 1.28 bits per heavy atom. The molecule has 2 heterocycles. The molecule has 2 fully saturated rings. The molecule has 2 atom stereocenters. The molecule has 2 aliphatic rings. The van der Waals surface area contributed by atoms with E-state index in [-0.39, 0.29) is 18.0 Å². The second-order valence-corrected chi connectivity index (χ2v) is 4.79. The molecule has 18 heavy (non-hydrogen) atoms. The van der Waals surface area contributed by atoms with Crippen LogP contribution < -0.4 is 5.32 Å². The van der Waals surface area contributed by atoms with Crippen molar-refractivity contribution in [2.45, 2.75) is 37.5 Å². The van der Waals surface area contributed by atoms with Crippen LogP contribution in [-0.4, -0.2) is 55.4 Å². The van der Waals surface area contributed by atoms with Crippen molar-refractivity contribution < 1.29 is 22.7 Å². The molecule has 0 aliphatic carbocycles. The Balaban J connectivity index is 1.85. The zero-order valence-corrected chi connectivity index (χ0v) is 10.0. The zero-order valence-electron chi connectivity index (χ0n) is 10.0. The number of halogens is 3. The number of ether oxygens (including phenoxy) is 1. The molecule has 7 heteroatoms. The molecule has 0 saturated carbocycles. The van der Waals surface area contributed by atoms with Gasteiger partial charge in [0.25, 0.3) is 0 Å². The molecule has 0 aromatic heterocycles. The van der Waals surface area contributed by atoms with Crippen LogP contribution in [0.3, 0.4) is 0 Å². The van der Waals surface area contributed by atoms with Crippen LogP contribution in [0.15, 0.2) is 0 Å². The summed E-state index contributed by atoms with van der Waals surface area (Å²) in [6.07, 6.45) is -1.65. The highest BCUT2D eigenvalue weighted by atomic mass is 19.4. The lowest BCUT2D eigenvalue weighted by molar-refractivity contribution is -0.178. The molecule has 2 rings (SSSR count). The molecule has 0 radical (unpaired) electrons. The predicted octanol–water partition coefficient (Wildman–Crippen LogP) is 0.918. The second-order valence-electron chi connectivity index (χ2n) is 4.79. The highest BCUT2D eigenvalue weighted by Gasteiger charge is 2.38. The summed E-state index contributed by atoms with van der Waals surface area (Å²) in [4.78, 5) is 13.6. The fourth-order valence-corrected chi connectivity index (χ4v) is 2.72. The van der Waals surface area contributed by atoms with E-state index in [2.05, 4.69) is 10.1 Å². The Morgan fingerprint density at radius 3 is 2.72 bits per heavy atom. The zero-order chi connectivity index (χ0) is 13.2. The number of amides is 1. The van der Waals surface area contributed by atoms with E-state index in [9.17, 15) is 18.0 Å². The fourth-order valence-electron chi connectivity index (χ4n) is 2.72. The van der Waals surface area contributed by atoms with Crippen molar-refractivity contribution in [3.05, 3.63) is 0 Å². The number of nitrogens with one attached hydrogen (secondary N) is 1. The molecular weight excluding hydrogens is 249 g/mol. The van der Waals surface area contributed by atoms with Gasteiger partial charge in [-0.3, -0.25) is 4.79 Å². The van der Waals surface area contributed by atoms with Crippen LogP contribution in [-0.2, 0) is 9.53 Å². The van der Waals surface area contributed by atoms with Gasteiger partial charge in [0.05, 0.1) is 0 Å². The van der Waals surface area contributed by atoms with Crippen molar-refractivity contribution >= 4 is 5.91 Å². The Labute approximate surface area is 103 Å². The van der Waals surface area contributed by atoms with Gasteiger partial charge in [-0.1, -0.05) is 0 Å². The van der Waals surface area contributed by atoms with Gasteiger partial charge in [0.1, 0.15) is 13.2 Å². The minimum Gasteiger partial charge on any atom is -0.362 e. The maximum Gasteiger partial charge on any atom is 0.411 e. The molecule has 2 unspecified atom stereocenters. The first-order chi connectivity index (χ1) is 8.47. The number of nitrogens with zero attached hydrogens (tertiary/aromatic N) is 1. The van der Waals surface area contributed by atoms with Gasteiger partial charge in [-0.15, -0.1) is 0 Å². The normalized spacial score (nSPS) is 28.3. The summed E-state index contributed by atoms with van der Waals surface area (Å²) in [5.41, 5.74) is 0. The SMILES string of the molecule is O=C(COCC(F)(F)F)N1C2CCNCC1CC2. The lowest BCUT2D eigenvalue weighted by Crippen LogP contribution is -2.44. The summed E-state index contributed by atoms with van der Waals surface area (Å²) >= 11 is 0. The molecule has 2 bridgehead atoms. The number of carbonyl (C=O) groups is 1. The van der Waals surface area contributed by atoms with Crippen molar-refractivity contribution in [2.24, 2.45) is 0 Å². The topological polar surface area (TPSA) is 41.6 Å². The first-order valence-electron chi connectivity index (χ1n) is 6.14. The summed E-state index contributed by atoms with van der Waals surface area (Å²) in [5, 5.41) is 3.23. The Hall–Kier alpha value is -0.820. The standard InChI is InChI=1S/C11H17F3N2O2/c12-11(13,14)7-18-6-10(17)16-8-1-2-9(16)5-15-4-3-8/h8-9,15H,1-7H2. The molecule has 0 spiro atoms. The van der Waals surface area contributed by atoms with Gasteiger partial charge in [0, 0.05) is 18.6 Å². The summed E-state index contributed by atoms with van der Waals surface area (Å²) in [6, 6.07) is 0.270. The van der Waals surface area contributed by atoms with E-state index in [0.717, 1.165) is 32.4 Å². The number of rotatable bonds is 3. The average molecular weight is 266 g/mol. The maximum atomic E-state index is 11.9. The molecule has 1 amide bonds. The van der Waals surface area contributed by atoms with Crippen LogP contribution in [0, 0.1) is 0 Å². The Morgan fingerprint density at radius 2 is 2.00 bits per heavy atom. The van der Waals surface area contributed by atoms with Gasteiger partial charge in [-0.2, -0.15) is 13.2 Å². The van der Waals surface area contributed by atoms with Gasteiger partial charge in [0.2, 0.25) is 5.91 Å². The van der Waals surface area contributed by atoms with Crippen molar-refractivity contribution in [3.63, 3.8) is 0 Å². The Bertz CT molecular complexity index is 295. The van der Waals surface area contributed by atoms with Crippen molar-refractivity contribution in [2.75, 3.05) is 26.3 Å². The molecule has 2 aliphatic heterocycles. The van der Waals surface area contributed by atoms with E-state index < -0.39 is 19.4 Å². The first-order valence-corrected chi connectivity index (χ1v) is 6.14. The third kappa shape index (κ3) is 3.35. The number of fused-ring (bicyclic) bond motifs is 2. The van der Waals surface area contributed by atoms with Crippen LogP contribution in [0.1, 0.15) is 19.3 Å². The lowest BCUT2D eigenvalue weighted by Gasteiger charge is -2.27. The summed E-state index contributed by atoms with van der Waals surface area (Å²) in [6.45, 7) is -0.261. The summed E-state index contributed by atoms with van der Waals surface area (Å²) in [7, 11) is 0. The predicted molar refractivity (Wildman–Crippen MR) is 58.0 cm³/mol. The van der Waals surface area contributed by atoms with Crippen molar-refractivity contribution in [1.82, 2.24) is 10.2 Å². The highest BCUT2D eigenvalue weighted by molar-refractivity contribution is 5.78. The van der Waals surface area contributed by atoms with E-state index in [1.807, 2.05) is 0 Å². The summed E-state index contributed by atoms with van der Waals surface area (Å²) in [5.74, 6) is -0.324. The van der Waals surface area contributed by atoms with Crippen molar-refractivity contribution in [1.29, 1.82) is 0 Å². The van der Waals surface area contributed by atoms with Crippen LogP contribution >= 0.6 is 0 Å². The monoisotopic (exact) mass is 266 g/mol. The van der Waals surface area contributed by atoms with Crippen LogP contribution in [0.25, 0.3) is 0 Å². The van der Waals surface area contributed by atoms with Gasteiger partial charge >= 0.3 is 6.18 Å². The summed E-state index contributed by atoms with van der Waals surface area (Å²) < 4.78 is 40.2. The third-order valence-electron chi connectivity index (χ3n) is 3.43. The lowest BCUT2D eigenvalue weighted by atomic mass is 10.1. The third-order valence-corrected chi connectivity index (χ3v) is 3.43. The molecule has 2 saturated heterocycles. The number of hydrogen-bond donors (Lipinski definition) is 1. The minimum absolute atomic E-state index is 0.111. The molecule has 4 nitrogen and oxygen atoms in total. The minimum atomic E-state index is -4.38. The van der Waals surface area contributed by atoms with Crippen LogP contribution in [0.5, 0.6) is 0 Å². The first kappa shape index (κ1) is 13.6. The van der Waals surface area contributed by atoms with E-state index in [1.54, 1.807) is 4.90 Å². The van der Waals surface area contributed by atoms with E-state index in [1.165, 1.54) is 0 Å². The van der Waals surface area contributed by atoms with E-state index >= 15 is 0 Å². The molecule has 0 aromatic rings. The molecule has 104 valence electrons. The van der Waals surface area contributed by atoms with Crippen molar-refractivity contribution in [3.8, 4) is 0 Å². The number of hydrogen-bond acceptors (Lipinski definition) is 3. The highest BCUT2D eigenvalue weighted by Crippen LogP contribution is 2.28. The van der Waals surface area contributed by atoms with Gasteiger partial charge in [0.15, 0.2) is 0 Å². The average Bonchev–Trinajstić information content (AvgIpc) is 2.50. The van der Waals surface area contributed by atoms with Crippen LogP contribution in [0.4, 0.5) is 13.2 Å². The van der Waals surface area contributed by atoms with Gasteiger partial charge in [-0.05, 0) is 25.8 Å². The smallest absolute Gasteiger partial charge is 0.362 e. The van der Waals surface area contributed by atoms with E-state index in [4.69, 9.17) is 0 Å². The maximum absolute atomic E-state index is 11.9. The quantitative estimate of drug-likeness (QED) is 0.826. The van der Waals surface area contributed by atoms with Gasteiger partial charge in [-0.25, -0.2) is 0 Å². The largest absolute Gasteiger partial charge is 0.411 e. The fraction of sp³-hybridized carbons (Fsp3) is 0.909. The molecule has 1 N–H and O–H groups in total. The molecule has 0 aromatic carbocycles. The Kier molecular flexibility index (Phi) is 4.11. The van der Waals surface area contributed by atoms with Crippen LogP contribution in [0.2, 0.25) is 0 Å². The number of carbonyl (C=O) groups excluding carboxylic acids is 1.